The summed E-state index contributed by atoms with van der Waals surface area (Å²) >= 11 is 0. The zero-order valence-electron chi connectivity index (χ0n) is 16.4. The Morgan fingerprint density at radius 2 is 2.00 bits per heavy atom. The smallest absolute Gasteiger partial charge is 0.303 e. The number of aromatic amines is 1. The van der Waals surface area contributed by atoms with E-state index in [-0.39, 0.29) is 18.2 Å². The lowest BCUT2D eigenvalue weighted by Crippen LogP contribution is -2.18. The van der Waals surface area contributed by atoms with Crippen molar-refractivity contribution in [2.45, 2.75) is 31.6 Å². The third kappa shape index (κ3) is 3.25. The molecule has 0 bridgehead atoms. The van der Waals surface area contributed by atoms with Crippen LogP contribution in [0.3, 0.4) is 0 Å². The normalized spacial score (nSPS) is 15.2. The van der Waals surface area contributed by atoms with Crippen LogP contribution in [0, 0.1) is 5.82 Å². The van der Waals surface area contributed by atoms with Gasteiger partial charge in [0.25, 0.3) is 0 Å². The molecule has 1 saturated heterocycles. The Bertz CT molecular complexity index is 1220. The van der Waals surface area contributed by atoms with Gasteiger partial charge >= 0.3 is 5.97 Å². The molecule has 5 rings (SSSR count). The van der Waals surface area contributed by atoms with Gasteiger partial charge in [-0.05, 0) is 61.2 Å². The summed E-state index contributed by atoms with van der Waals surface area (Å²) < 4.78 is 21.4. The summed E-state index contributed by atoms with van der Waals surface area (Å²) in [6.07, 6.45) is 4.02. The minimum atomic E-state index is -0.821. The summed E-state index contributed by atoms with van der Waals surface area (Å²) in [4.78, 5) is 11.4. The van der Waals surface area contributed by atoms with Gasteiger partial charge in [0.15, 0.2) is 0 Å². The van der Waals surface area contributed by atoms with Crippen molar-refractivity contribution in [3.63, 3.8) is 0 Å². The Balaban J connectivity index is 1.82. The zero-order valence-corrected chi connectivity index (χ0v) is 16.4. The van der Waals surface area contributed by atoms with Crippen molar-refractivity contribution in [3.8, 4) is 5.69 Å². The topological polar surface area (TPSA) is 80.1 Å². The first-order valence-electron chi connectivity index (χ1n) is 10.2. The highest BCUT2D eigenvalue weighted by atomic mass is 19.1. The molecule has 1 fully saturated rings. The van der Waals surface area contributed by atoms with E-state index in [9.17, 15) is 14.3 Å². The molecule has 0 atom stereocenters. The maximum atomic E-state index is 13.6. The van der Waals surface area contributed by atoms with Crippen LogP contribution in [0.15, 0.2) is 42.6 Å². The van der Waals surface area contributed by atoms with Gasteiger partial charge in [-0.1, -0.05) is 0 Å². The Morgan fingerprint density at radius 1 is 1.23 bits per heavy atom. The first-order valence-corrected chi connectivity index (χ1v) is 10.2. The number of benzene rings is 2. The Morgan fingerprint density at radius 3 is 2.73 bits per heavy atom. The molecule has 7 heteroatoms. The van der Waals surface area contributed by atoms with Crippen molar-refractivity contribution in [1.82, 2.24) is 14.8 Å². The second-order valence-corrected chi connectivity index (χ2v) is 7.78. The molecular weight excluding hydrogens is 385 g/mol. The van der Waals surface area contributed by atoms with E-state index in [1.54, 1.807) is 18.3 Å². The van der Waals surface area contributed by atoms with Crippen LogP contribution >= 0.6 is 0 Å². The predicted molar refractivity (Wildman–Crippen MR) is 112 cm³/mol. The van der Waals surface area contributed by atoms with Crippen LogP contribution in [0.2, 0.25) is 0 Å². The van der Waals surface area contributed by atoms with Crippen LogP contribution in [-0.2, 0) is 16.0 Å². The van der Waals surface area contributed by atoms with Crippen molar-refractivity contribution in [2.75, 3.05) is 13.2 Å². The van der Waals surface area contributed by atoms with Gasteiger partial charge in [0.2, 0.25) is 0 Å². The van der Waals surface area contributed by atoms with Crippen molar-refractivity contribution < 1.29 is 19.0 Å². The van der Waals surface area contributed by atoms with E-state index in [0.29, 0.717) is 19.6 Å². The number of carboxylic acid groups (broad SMARTS) is 1. The van der Waals surface area contributed by atoms with Crippen LogP contribution < -0.4 is 0 Å². The molecule has 0 unspecified atom stereocenters. The number of aliphatic carboxylic acids is 1. The van der Waals surface area contributed by atoms with Gasteiger partial charge in [-0.3, -0.25) is 9.89 Å². The van der Waals surface area contributed by atoms with Crippen molar-refractivity contribution in [3.05, 3.63) is 59.7 Å². The molecule has 0 amide bonds. The van der Waals surface area contributed by atoms with Gasteiger partial charge in [-0.25, -0.2) is 4.39 Å². The van der Waals surface area contributed by atoms with E-state index in [2.05, 4.69) is 26.9 Å². The quantitative estimate of drug-likeness (QED) is 0.508. The van der Waals surface area contributed by atoms with Crippen molar-refractivity contribution in [2.24, 2.45) is 0 Å². The maximum absolute atomic E-state index is 13.6. The molecule has 4 aromatic rings. The van der Waals surface area contributed by atoms with E-state index >= 15 is 0 Å². The number of rotatable bonds is 5. The molecule has 0 saturated carbocycles. The number of carbonyl (C=O) groups is 1. The molecule has 2 aromatic carbocycles. The minimum absolute atomic E-state index is 0.0553. The number of ether oxygens (including phenoxy) is 1. The number of halogens is 1. The lowest BCUT2D eigenvalue weighted by molar-refractivity contribution is -0.136. The molecule has 0 spiro atoms. The van der Waals surface area contributed by atoms with Gasteiger partial charge in [0.1, 0.15) is 5.82 Å². The van der Waals surface area contributed by atoms with Crippen LogP contribution in [0.25, 0.3) is 27.5 Å². The number of hydrogen-bond donors (Lipinski definition) is 2. The largest absolute Gasteiger partial charge is 0.481 e. The fraction of sp³-hybridized carbons (Fsp3) is 0.304. The van der Waals surface area contributed by atoms with Gasteiger partial charge in [0, 0.05) is 47.7 Å². The molecule has 1 aliphatic heterocycles. The molecule has 0 aliphatic carbocycles. The molecule has 3 heterocycles. The van der Waals surface area contributed by atoms with Crippen LogP contribution in [0.4, 0.5) is 4.39 Å². The lowest BCUT2D eigenvalue weighted by atomic mass is 9.91. The number of aromatic nitrogens is 3. The Labute approximate surface area is 172 Å². The molecule has 2 N–H and O–H groups in total. The second kappa shape index (κ2) is 7.57. The standard InChI is InChI=1S/C23H22FN3O3/c24-16-1-3-17(4-2-16)27-21-11-15-13-25-26-20(15)12-19(21)18(5-6-22(28)29)23(27)14-7-9-30-10-8-14/h1-4,11-14H,5-10H2,(H,25,26)(H,28,29). The Kier molecular flexibility index (Phi) is 4.75. The number of H-pyrrole nitrogens is 1. The number of nitrogens with zero attached hydrogens (tertiary/aromatic N) is 2. The summed E-state index contributed by atoms with van der Waals surface area (Å²) in [6.45, 7) is 1.36. The van der Waals surface area contributed by atoms with Crippen molar-refractivity contribution in [1.29, 1.82) is 0 Å². The number of hydrogen-bond acceptors (Lipinski definition) is 3. The fourth-order valence-corrected chi connectivity index (χ4v) is 4.57. The molecule has 0 radical (unpaired) electrons. The van der Waals surface area contributed by atoms with Gasteiger partial charge < -0.3 is 14.4 Å². The molecular formula is C23H22FN3O3. The van der Waals surface area contributed by atoms with Gasteiger partial charge in [0.05, 0.1) is 17.2 Å². The minimum Gasteiger partial charge on any atom is -0.481 e. The fourth-order valence-electron chi connectivity index (χ4n) is 4.57. The van der Waals surface area contributed by atoms with E-state index in [1.807, 2.05) is 0 Å². The maximum Gasteiger partial charge on any atom is 0.303 e. The first-order chi connectivity index (χ1) is 14.6. The molecule has 1 aliphatic rings. The summed E-state index contributed by atoms with van der Waals surface area (Å²) in [7, 11) is 0. The second-order valence-electron chi connectivity index (χ2n) is 7.78. The number of aryl methyl sites for hydroxylation is 1. The third-order valence-electron chi connectivity index (χ3n) is 5.95. The first kappa shape index (κ1) is 18.8. The van der Waals surface area contributed by atoms with E-state index < -0.39 is 5.97 Å². The van der Waals surface area contributed by atoms with Gasteiger partial charge in [-0.2, -0.15) is 5.10 Å². The van der Waals surface area contributed by atoms with E-state index in [1.165, 1.54) is 12.1 Å². The number of nitrogens with one attached hydrogen (secondary N) is 1. The molecule has 2 aromatic heterocycles. The van der Waals surface area contributed by atoms with Crippen LogP contribution in [0.5, 0.6) is 0 Å². The van der Waals surface area contributed by atoms with Crippen molar-refractivity contribution >= 4 is 27.8 Å². The Hall–Kier alpha value is -3.19. The lowest BCUT2D eigenvalue weighted by Gasteiger charge is -2.25. The van der Waals surface area contributed by atoms with E-state index in [0.717, 1.165) is 51.6 Å². The summed E-state index contributed by atoms with van der Waals surface area (Å²) in [5, 5.41) is 18.5. The average Bonchev–Trinajstić information content (AvgIpc) is 3.33. The van der Waals surface area contributed by atoms with E-state index in [4.69, 9.17) is 4.74 Å². The monoisotopic (exact) mass is 407 g/mol. The zero-order chi connectivity index (χ0) is 20.7. The summed E-state index contributed by atoms with van der Waals surface area (Å²) in [5.41, 5.74) is 4.92. The highest BCUT2D eigenvalue weighted by Crippen LogP contribution is 2.40. The number of carboxylic acids is 1. The van der Waals surface area contributed by atoms with Crippen LogP contribution in [-0.4, -0.2) is 39.1 Å². The highest BCUT2D eigenvalue weighted by Gasteiger charge is 2.27. The highest BCUT2D eigenvalue weighted by molar-refractivity contribution is 5.98. The van der Waals surface area contributed by atoms with Gasteiger partial charge in [-0.15, -0.1) is 0 Å². The molecule has 154 valence electrons. The summed E-state index contributed by atoms with van der Waals surface area (Å²) in [6, 6.07) is 10.6. The number of fused-ring (bicyclic) bond motifs is 2. The summed E-state index contributed by atoms with van der Waals surface area (Å²) in [5.74, 6) is -0.860. The molecule has 30 heavy (non-hydrogen) atoms. The van der Waals surface area contributed by atoms with Crippen LogP contribution in [0.1, 0.15) is 36.4 Å². The third-order valence-corrected chi connectivity index (χ3v) is 5.95. The predicted octanol–water partition coefficient (Wildman–Crippen LogP) is 4.56. The SMILES string of the molecule is O=C(O)CCc1c(C2CCOCC2)n(-c2ccc(F)cc2)c2cc3cn[nH]c3cc12. The molecule has 6 nitrogen and oxygen atoms in total. The average molecular weight is 407 g/mol.